The van der Waals surface area contributed by atoms with Gasteiger partial charge in [-0.3, -0.25) is 4.79 Å². The minimum absolute atomic E-state index is 0.237. The highest BCUT2D eigenvalue weighted by atomic mass is 16.1. The molecule has 1 N–H and O–H groups in total. The summed E-state index contributed by atoms with van der Waals surface area (Å²) in [7, 11) is 1.81. The van der Waals surface area contributed by atoms with E-state index in [0.29, 0.717) is 6.54 Å². The van der Waals surface area contributed by atoms with Crippen LogP contribution in [0.15, 0.2) is 30.3 Å². The Kier molecular flexibility index (Phi) is 4.69. The van der Waals surface area contributed by atoms with E-state index in [1.54, 1.807) is 0 Å². The normalized spacial score (nSPS) is 11.4. The van der Waals surface area contributed by atoms with Gasteiger partial charge in [0.15, 0.2) is 5.78 Å². The maximum absolute atomic E-state index is 11.8. The lowest BCUT2D eigenvalue weighted by atomic mass is 9.82. The number of Topliss-reactive ketones (excluding diaryl/α,β-unsaturated/α-hetero) is 1. The zero-order valence-corrected chi connectivity index (χ0v) is 10.4. The van der Waals surface area contributed by atoms with Crippen molar-refractivity contribution < 1.29 is 4.79 Å². The van der Waals surface area contributed by atoms with Gasteiger partial charge >= 0.3 is 0 Å². The van der Waals surface area contributed by atoms with Gasteiger partial charge in [0.2, 0.25) is 0 Å². The van der Waals surface area contributed by atoms with Crippen molar-refractivity contribution in [3.63, 3.8) is 0 Å². The molecule has 0 aromatic heterocycles. The molecule has 0 aliphatic heterocycles. The van der Waals surface area contributed by atoms with E-state index in [1.807, 2.05) is 39.1 Å². The van der Waals surface area contributed by atoms with Crippen molar-refractivity contribution in [2.24, 2.45) is 5.41 Å². The maximum Gasteiger partial charge on any atom is 0.152 e. The number of nitrogens with one attached hydrogen (secondary N) is 1. The van der Waals surface area contributed by atoms with Crippen LogP contribution >= 0.6 is 0 Å². The Labute approximate surface area is 98.1 Å². The molecule has 0 atom stereocenters. The topological polar surface area (TPSA) is 29.1 Å². The molecule has 2 nitrogen and oxygen atoms in total. The van der Waals surface area contributed by atoms with Crippen LogP contribution in [-0.4, -0.2) is 19.4 Å². The molecule has 0 radical (unpaired) electrons. The summed E-state index contributed by atoms with van der Waals surface area (Å²) in [5.74, 6) is 0.283. The Balaban J connectivity index is 2.51. The molecule has 0 fully saturated rings. The van der Waals surface area contributed by atoms with E-state index >= 15 is 0 Å². The van der Waals surface area contributed by atoms with Crippen LogP contribution < -0.4 is 5.32 Å². The molecule has 0 spiro atoms. The molecule has 0 unspecified atom stereocenters. The van der Waals surface area contributed by atoms with Gasteiger partial charge in [-0.05, 0) is 25.5 Å². The van der Waals surface area contributed by atoms with E-state index in [-0.39, 0.29) is 11.2 Å². The van der Waals surface area contributed by atoms with Gasteiger partial charge in [0.1, 0.15) is 0 Å². The number of aryl methyl sites for hydroxylation is 1. The van der Waals surface area contributed by atoms with Crippen molar-refractivity contribution in [3.8, 4) is 0 Å². The highest BCUT2D eigenvalue weighted by Crippen LogP contribution is 2.23. The van der Waals surface area contributed by atoms with Gasteiger partial charge in [-0.2, -0.15) is 0 Å². The first-order valence-corrected chi connectivity index (χ1v) is 5.78. The van der Waals surface area contributed by atoms with E-state index < -0.39 is 0 Å². The van der Waals surface area contributed by atoms with E-state index in [4.69, 9.17) is 0 Å². The molecule has 0 saturated carbocycles. The van der Waals surface area contributed by atoms with Crippen LogP contribution in [0.5, 0.6) is 0 Å². The third-order valence-corrected chi connectivity index (χ3v) is 2.97. The number of likely N-dealkylation sites (N-methyl/N-ethyl adjacent to an activating group) is 1. The van der Waals surface area contributed by atoms with Crippen molar-refractivity contribution in [3.05, 3.63) is 35.9 Å². The SMILES string of the molecule is CNCC(=O)C(C)(C)CCc1ccccc1. The fourth-order valence-corrected chi connectivity index (χ4v) is 1.64. The number of ketones is 1. The lowest BCUT2D eigenvalue weighted by molar-refractivity contribution is -0.126. The molecule has 0 saturated heterocycles. The highest BCUT2D eigenvalue weighted by Gasteiger charge is 2.25. The molecular formula is C14H21NO. The zero-order valence-electron chi connectivity index (χ0n) is 10.4. The van der Waals surface area contributed by atoms with Gasteiger partial charge in [0, 0.05) is 5.41 Å². The number of carbonyl (C=O) groups excluding carboxylic acids is 1. The molecule has 1 rings (SSSR count). The Morgan fingerprint density at radius 3 is 2.44 bits per heavy atom. The Morgan fingerprint density at radius 1 is 1.25 bits per heavy atom. The number of carbonyl (C=O) groups is 1. The summed E-state index contributed by atoms with van der Waals surface area (Å²) in [6.45, 7) is 4.51. The lowest BCUT2D eigenvalue weighted by Gasteiger charge is -2.22. The molecule has 1 aromatic rings. The Hall–Kier alpha value is -1.15. The van der Waals surface area contributed by atoms with Gasteiger partial charge in [-0.1, -0.05) is 44.2 Å². The monoisotopic (exact) mass is 219 g/mol. The molecule has 0 amide bonds. The predicted octanol–water partition coefficient (Wildman–Crippen LogP) is 2.43. The van der Waals surface area contributed by atoms with E-state index in [2.05, 4.69) is 17.4 Å². The van der Waals surface area contributed by atoms with Crippen LogP contribution in [0.25, 0.3) is 0 Å². The van der Waals surface area contributed by atoms with Crippen LogP contribution in [0.1, 0.15) is 25.8 Å². The van der Waals surface area contributed by atoms with Crippen molar-refractivity contribution in [2.75, 3.05) is 13.6 Å². The molecule has 0 heterocycles. The highest BCUT2D eigenvalue weighted by molar-refractivity contribution is 5.85. The number of rotatable bonds is 6. The summed E-state index contributed by atoms with van der Waals surface area (Å²) in [5.41, 5.74) is 1.06. The molecule has 0 aliphatic carbocycles. The van der Waals surface area contributed by atoms with Crippen LogP contribution in [0.4, 0.5) is 0 Å². The van der Waals surface area contributed by atoms with E-state index in [9.17, 15) is 4.79 Å². The summed E-state index contributed by atoms with van der Waals surface area (Å²) in [4.78, 5) is 11.8. The second kappa shape index (κ2) is 5.80. The molecule has 2 heteroatoms. The van der Waals surface area contributed by atoms with Gasteiger partial charge in [-0.25, -0.2) is 0 Å². The lowest BCUT2D eigenvalue weighted by Crippen LogP contribution is -2.32. The van der Waals surface area contributed by atoms with Crippen LogP contribution in [-0.2, 0) is 11.2 Å². The summed E-state index contributed by atoms with van der Waals surface area (Å²) in [6.07, 6.45) is 1.86. The Morgan fingerprint density at radius 2 is 1.88 bits per heavy atom. The van der Waals surface area contributed by atoms with Crippen molar-refractivity contribution in [1.82, 2.24) is 5.32 Å². The molecular weight excluding hydrogens is 198 g/mol. The molecule has 0 bridgehead atoms. The first-order chi connectivity index (χ1) is 7.56. The number of hydrogen-bond acceptors (Lipinski definition) is 2. The summed E-state index contributed by atoms with van der Waals surface area (Å²) in [6, 6.07) is 10.3. The predicted molar refractivity (Wildman–Crippen MR) is 67.5 cm³/mol. The average molecular weight is 219 g/mol. The second-order valence-electron chi connectivity index (χ2n) is 4.82. The first-order valence-electron chi connectivity index (χ1n) is 5.78. The average Bonchev–Trinajstić information content (AvgIpc) is 2.28. The van der Waals surface area contributed by atoms with E-state index in [0.717, 1.165) is 12.8 Å². The first kappa shape index (κ1) is 12.9. The van der Waals surface area contributed by atoms with Gasteiger partial charge < -0.3 is 5.32 Å². The van der Waals surface area contributed by atoms with Gasteiger partial charge in [0.25, 0.3) is 0 Å². The number of hydrogen-bond donors (Lipinski definition) is 1. The minimum Gasteiger partial charge on any atom is -0.313 e. The van der Waals surface area contributed by atoms with Crippen molar-refractivity contribution in [1.29, 1.82) is 0 Å². The smallest absolute Gasteiger partial charge is 0.152 e. The van der Waals surface area contributed by atoms with E-state index in [1.165, 1.54) is 5.56 Å². The van der Waals surface area contributed by atoms with Gasteiger partial charge in [0.05, 0.1) is 6.54 Å². The van der Waals surface area contributed by atoms with Crippen LogP contribution in [0.3, 0.4) is 0 Å². The molecule has 88 valence electrons. The fourth-order valence-electron chi connectivity index (χ4n) is 1.64. The third kappa shape index (κ3) is 3.78. The Bertz CT molecular complexity index is 330. The second-order valence-corrected chi connectivity index (χ2v) is 4.82. The molecule has 1 aromatic carbocycles. The third-order valence-electron chi connectivity index (χ3n) is 2.97. The van der Waals surface area contributed by atoms with Crippen molar-refractivity contribution in [2.45, 2.75) is 26.7 Å². The fraction of sp³-hybridized carbons (Fsp3) is 0.500. The standard InChI is InChI=1S/C14H21NO/c1-14(2,13(16)11-15-3)10-9-12-7-5-4-6-8-12/h4-8,15H,9-11H2,1-3H3. The number of benzene rings is 1. The molecule has 0 aliphatic rings. The summed E-state index contributed by atoms with van der Waals surface area (Å²) >= 11 is 0. The zero-order chi connectivity index (χ0) is 12.0. The maximum atomic E-state index is 11.8. The minimum atomic E-state index is -0.237. The quantitative estimate of drug-likeness (QED) is 0.796. The molecule has 16 heavy (non-hydrogen) atoms. The summed E-state index contributed by atoms with van der Waals surface area (Å²) in [5, 5.41) is 2.92. The van der Waals surface area contributed by atoms with Crippen LogP contribution in [0, 0.1) is 5.41 Å². The van der Waals surface area contributed by atoms with Crippen molar-refractivity contribution >= 4 is 5.78 Å². The largest absolute Gasteiger partial charge is 0.313 e. The van der Waals surface area contributed by atoms with Gasteiger partial charge in [-0.15, -0.1) is 0 Å². The summed E-state index contributed by atoms with van der Waals surface area (Å²) < 4.78 is 0. The van der Waals surface area contributed by atoms with Crippen LogP contribution in [0.2, 0.25) is 0 Å².